The highest BCUT2D eigenvalue weighted by Gasteiger charge is 2.27. The van der Waals surface area contributed by atoms with Crippen molar-refractivity contribution in [2.24, 2.45) is 5.73 Å². The Hall–Kier alpha value is -0.590. The molecule has 1 unspecified atom stereocenters. The number of carbonyl (C=O) groups is 1. The molecule has 0 aliphatic rings. The fraction of sp³-hybridized carbons (Fsp3) is 0.833. The molecule has 2 atom stereocenters. The second-order valence-electron chi connectivity index (χ2n) is 2.41. The zero-order chi connectivity index (χ0) is 9.56. The molecule has 0 aliphatic carbocycles. The standard InChI is InChI=1S/C6H11NO4S/c7-5(6(9)10)3-4(12-11)1-2-8/h4-5,8H,1-3,7H2/p+1/t4?,5-/m1/s1. The molecule has 4 N–H and O–H groups in total. The van der Waals surface area contributed by atoms with Gasteiger partial charge in [-0.25, -0.2) is 0 Å². The number of aliphatic carboxylic acids is 1. The summed E-state index contributed by atoms with van der Waals surface area (Å²) in [5, 5.41) is 16.5. The number of hydrogen-bond donors (Lipinski definition) is 3. The molecule has 0 radical (unpaired) electrons. The monoisotopic (exact) mass is 194 g/mol. The van der Waals surface area contributed by atoms with Crippen molar-refractivity contribution in [1.82, 2.24) is 0 Å². The number of aliphatic hydroxyl groups is 1. The third kappa shape index (κ3) is 4.32. The van der Waals surface area contributed by atoms with E-state index in [1.807, 2.05) is 0 Å². The maximum atomic E-state index is 10.3. The lowest BCUT2D eigenvalue weighted by Crippen LogP contribution is -2.34. The number of nitrogens with two attached hydrogens (primary N) is 1. The van der Waals surface area contributed by atoms with Crippen LogP contribution in [0.3, 0.4) is 0 Å². The summed E-state index contributed by atoms with van der Waals surface area (Å²) in [5.74, 6) is -1.12. The summed E-state index contributed by atoms with van der Waals surface area (Å²) in [7, 11) is 0. The van der Waals surface area contributed by atoms with E-state index >= 15 is 0 Å². The van der Waals surface area contributed by atoms with Gasteiger partial charge in [0, 0.05) is 23.7 Å². The van der Waals surface area contributed by atoms with E-state index < -0.39 is 17.3 Å². The van der Waals surface area contributed by atoms with Gasteiger partial charge in [-0.3, -0.25) is 4.79 Å². The van der Waals surface area contributed by atoms with Crippen LogP contribution in [0.2, 0.25) is 0 Å². The molecule has 0 rings (SSSR count). The van der Waals surface area contributed by atoms with E-state index in [0.717, 1.165) is 0 Å². The van der Waals surface area contributed by atoms with Gasteiger partial charge in [0.25, 0.3) is 0 Å². The van der Waals surface area contributed by atoms with Crippen LogP contribution in [0.25, 0.3) is 0 Å². The lowest BCUT2D eigenvalue weighted by atomic mass is 10.1. The van der Waals surface area contributed by atoms with E-state index in [1.54, 1.807) is 0 Å². The van der Waals surface area contributed by atoms with E-state index in [9.17, 15) is 9.00 Å². The maximum absolute atomic E-state index is 10.3. The lowest BCUT2D eigenvalue weighted by molar-refractivity contribution is -0.138. The Morgan fingerprint density at radius 1 is 1.58 bits per heavy atom. The molecule has 0 heterocycles. The Labute approximate surface area is 74.1 Å². The topological polar surface area (TPSA) is 101 Å². The molecule has 0 aromatic heterocycles. The molecular formula is C6H12NO4S+. The van der Waals surface area contributed by atoms with Crippen molar-refractivity contribution in [1.29, 1.82) is 0 Å². The molecule has 0 amide bonds. The molecule has 0 bridgehead atoms. The summed E-state index contributed by atoms with van der Waals surface area (Å²) in [5.41, 5.74) is 5.19. The lowest BCUT2D eigenvalue weighted by Gasteiger charge is -2.03. The molecule has 0 aromatic rings. The Morgan fingerprint density at radius 3 is 2.50 bits per heavy atom. The summed E-state index contributed by atoms with van der Waals surface area (Å²) in [6, 6.07) is -1.01. The first-order chi connectivity index (χ1) is 5.61. The van der Waals surface area contributed by atoms with Crippen LogP contribution < -0.4 is 5.73 Å². The van der Waals surface area contributed by atoms with E-state index in [-0.39, 0.29) is 31.1 Å². The third-order valence-electron chi connectivity index (χ3n) is 1.42. The minimum absolute atomic E-state index is 0.101. The third-order valence-corrected chi connectivity index (χ3v) is 2.12. The van der Waals surface area contributed by atoms with Gasteiger partial charge in [0.15, 0.2) is 0 Å². The van der Waals surface area contributed by atoms with Crippen molar-refractivity contribution < 1.29 is 19.2 Å². The van der Waals surface area contributed by atoms with Gasteiger partial charge in [0.2, 0.25) is 5.25 Å². The molecule has 0 aromatic carbocycles. The molecule has 0 saturated heterocycles. The van der Waals surface area contributed by atoms with E-state index in [1.165, 1.54) is 0 Å². The van der Waals surface area contributed by atoms with Gasteiger partial charge in [-0.05, 0) is 0 Å². The van der Waals surface area contributed by atoms with Crippen LogP contribution >= 0.6 is 0 Å². The normalized spacial score (nSPS) is 15.2. The van der Waals surface area contributed by atoms with Crippen LogP contribution in [0.1, 0.15) is 12.8 Å². The Morgan fingerprint density at radius 2 is 2.17 bits per heavy atom. The molecule has 70 valence electrons. The Balaban J connectivity index is 3.84. The smallest absolute Gasteiger partial charge is 0.462 e. The molecule has 0 aliphatic heterocycles. The predicted octanol–water partition coefficient (Wildman–Crippen LogP) is -1.03. The van der Waals surface area contributed by atoms with Gasteiger partial charge in [0.05, 0.1) is 0 Å². The predicted molar refractivity (Wildman–Crippen MR) is 43.8 cm³/mol. The molecule has 0 saturated carbocycles. The van der Waals surface area contributed by atoms with E-state index in [2.05, 4.69) is 0 Å². The second kappa shape index (κ2) is 5.99. The van der Waals surface area contributed by atoms with Crippen LogP contribution in [0.15, 0.2) is 0 Å². The second-order valence-corrected chi connectivity index (χ2v) is 3.27. The fourth-order valence-corrected chi connectivity index (χ4v) is 1.22. The summed E-state index contributed by atoms with van der Waals surface area (Å²) in [6.07, 6.45) is 0.388. The molecule has 0 fully saturated rings. The van der Waals surface area contributed by atoms with Gasteiger partial charge in [-0.1, -0.05) is 0 Å². The molecular weight excluding hydrogens is 182 g/mol. The first-order valence-corrected chi connectivity index (χ1v) is 4.30. The first-order valence-electron chi connectivity index (χ1n) is 3.49. The van der Waals surface area contributed by atoms with Gasteiger partial charge in [-0.2, -0.15) is 0 Å². The van der Waals surface area contributed by atoms with Crippen molar-refractivity contribution >= 4 is 17.6 Å². The molecule has 5 nitrogen and oxygen atoms in total. The summed E-state index contributed by atoms with van der Waals surface area (Å²) >= 11 is 0.287. The quantitative estimate of drug-likeness (QED) is 0.469. The summed E-state index contributed by atoms with van der Waals surface area (Å²) in [6.45, 7) is -0.119. The SMILES string of the molecule is N[C@H](CC(CCO)[S+]=O)C(=O)O. The van der Waals surface area contributed by atoms with Crippen molar-refractivity contribution in [2.75, 3.05) is 6.61 Å². The van der Waals surface area contributed by atoms with Crippen LogP contribution in [0.5, 0.6) is 0 Å². The Bertz CT molecular complexity index is 164. The highest BCUT2D eigenvalue weighted by molar-refractivity contribution is 7.66. The maximum Gasteiger partial charge on any atom is 0.462 e. The van der Waals surface area contributed by atoms with Gasteiger partial charge in [0.1, 0.15) is 6.04 Å². The molecule has 0 spiro atoms. The van der Waals surface area contributed by atoms with Crippen molar-refractivity contribution in [3.05, 3.63) is 0 Å². The van der Waals surface area contributed by atoms with Crippen molar-refractivity contribution in [3.63, 3.8) is 0 Å². The number of hydrogen-bond acceptors (Lipinski definition) is 4. The number of carboxylic acids is 1. The molecule has 6 heteroatoms. The van der Waals surface area contributed by atoms with Crippen LogP contribution in [-0.2, 0) is 20.7 Å². The zero-order valence-electron chi connectivity index (χ0n) is 6.47. The highest BCUT2D eigenvalue weighted by Crippen LogP contribution is 2.03. The van der Waals surface area contributed by atoms with Gasteiger partial charge >= 0.3 is 17.6 Å². The van der Waals surface area contributed by atoms with Crippen molar-refractivity contribution in [2.45, 2.75) is 24.1 Å². The van der Waals surface area contributed by atoms with Gasteiger partial charge < -0.3 is 15.9 Å². The van der Waals surface area contributed by atoms with Gasteiger partial charge in [-0.15, -0.1) is 0 Å². The summed E-state index contributed by atoms with van der Waals surface area (Å²) in [4.78, 5) is 10.3. The fourth-order valence-electron chi connectivity index (χ4n) is 0.733. The van der Waals surface area contributed by atoms with Crippen molar-refractivity contribution in [3.8, 4) is 0 Å². The number of rotatable bonds is 6. The zero-order valence-corrected chi connectivity index (χ0v) is 7.29. The molecule has 12 heavy (non-hydrogen) atoms. The number of carboxylic acid groups (broad SMARTS) is 1. The average Bonchev–Trinajstić information content (AvgIpc) is 2.03. The minimum Gasteiger partial charge on any atom is -0.480 e. The first kappa shape index (κ1) is 11.4. The van der Waals surface area contributed by atoms with Crippen LogP contribution in [0.4, 0.5) is 0 Å². The highest BCUT2D eigenvalue weighted by atomic mass is 32.1. The summed E-state index contributed by atoms with van der Waals surface area (Å²) < 4.78 is 10.3. The number of aliphatic hydroxyl groups excluding tert-OH is 1. The Kier molecular flexibility index (Phi) is 5.69. The van der Waals surface area contributed by atoms with Crippen LogP contribution in [-0.4, -0.2) is 34.1 Å². The van der Waals surface area contributed by atoms with Crippen LogP contribution in [0, 0.1) is 0 Å². The van der Waals surface area contributed by atoms with E-state index in [0.29, 0.717) is 0 Å². The average molecular weight is 194 g/mol. The largest absolute Gasteiger partial charge is 0.480 e. The minimum atomic E-state index is -1.12. The van der Waals surface area contributed by atoms with E-state index in [4.69, 9.17) is 15.9 Å².